The van der Waals surface area contributed by atoms with Crippen LogP contribution in [0.3, 0.4) is 0 Å². The molecular weight excluding hydrogens is 455 g/mol. The average molecular weight is 479 g/mol. The Morgan fingerprint density at radius 1 is 1.10 bits per heavy atom. The third kappa shape index (κ3) is 4.60. The van der Waals surface area contributed by atoms with E-state index < -0.39 is 27.4 Å². The Balaban J connectivity index is 1.94. The zero-order valence-electron chi connectivity index (χ0n) is 16.6. The van der Waals surface area contributed by atoms with Crippen molar-refractivity contribution >= 4 is 45.1 Å². The van der Waals surface area contributed by atoms with Gasteiger partial charge in [0.1, 0.15) is 10.4 Å². The molecule has 0 aromatic heterocycles. The van der Waals surface area contributed by atoms with Gasteiger partial charge in [-0.15, -0.1) is 0 Å². The van der Waals surface area contributed by atoms with Gasteiger partial charge in [-0.2, -0.15) is 4.31 Å². The van der Waals surface area contributed by atoms with Gasteiger partial charge in [0.05, 0.1) is 35.9 Å². The molecule has 1 N–H and O–H groups in total. The number of morpholine rings is 1. The molecule has 0 unspecified atom stereocenters. The van der Waals surface area contributed by atoms with Crippen LogP contribution in [0.4, 0.5) is 0 Å². The molecule has 1 amide bonds. The molecule has 1 aliphatic carbocycles. The summed E-state index contributed by atoms with van der Waals surface area (Å²) in [5.41, 5.74) is -1.22. The van der Waals surface area contributed by atoms with Crippen molar-refractivity contribution in [3.8, 4) is 0 Å². The molecule has 1 aliphatic heterocycles. The maximum absolute atomic E-state index is 13.1. The van der Waals surface area contributed by atoms with Crippen molar-refractivity contribution in [1.29, 1.82) is 0 Å². The maximum Gasteiger partial charge on any atom is 0.331 e. The summed E-state index contributed by atoms with van der Waals surface area (Å²) in [5.74, 6) is -1.18. The zero-order chi connectivity index (χ0) is 21.9. The first kappa shape index (κ1) is 23.3. The SMILES string of the molecule is COC(=O)C1(NC(=O)c2cc(S(=O)(=O)N3CCOCC3)c(Cl)cc2Cl)CCCCC1. The highest BCUT2D eigenvalue weighted by atomic mass is 35.5. The van der Waals surface area contributed by atoms with Crippen LogP contribution < -0.4 is 5.32 Å². The largest absolute Gasteiger partial charge is 0.467 e. The fourth-order valence-electron chi connectivity index (χ4n) is 3.84. The molecule has 0 bridgehead atoms. The van der Waals surface area contributed by atoms with Gasteiger partial charge in [-0.1, -0.05) is 42.5 Å². The van der Waals surface area contributed by atoms with E-state index in [0.29, 0.717) is 12.8 Å². The Kier molecular flexibility index (Phi) is 7.29. The van der Waals surface area contributed by atoms with E-state index in [0.717, 1.165) is 19.3 Å². The molecule has 0 spiro atoms. The fraction of sp³-hybridized carbons (Fsp3) is 0.579. The second-order valence-corrected chi connectivity index (χ2v) is 10.1. The lowest BCUT2D eigenvalue weighted by atomic mass is 9.81. The van der Waals surface area contributed by atoms with Crippen LogP contribution in [-0.4, -0.2) is 63.6 Å². The normalized spacial score (nSPS) is 19.8. The second kappa shape index (κ2) is 9.40. The van der Waals surface area contributed by atoms with Gasteiger partial charge in [-0.25, -0.2) is 13.2 Å². The highest BCUT2D eigenvalue weighted by Crippen LogP contribution is 2.33. The average Bonchev–Trinajstić information content (AvgIpc) is 2.74. The fourth-order valence-corrected chi connectivity index (χ4v) is 6.08. The number of rotatable bonds is 5. The van der Waals surface area contributed by atoms with Crippen LogP contribution in [0.1, 0.15) is 42.5 Å². The van der Waals surface area contributed by atoms with Crippen LogP contribution >= 0.6 is 23.2 Å². The van der Waals surface area contributed by atoms with Crippen molar-refractivity contribution in [2.75, 3.05) is 33.4 Å². The topological polar surface area (TPSA) is 102 Å². The standard InChI is InChI=1S/C19H24Cl2N2O6S/c1-28-18(25)19(5-3-2-4-6-19)22-17(24)13-11-16(15(21)12-14(13)20)30(26,27)23-7-9-29-10-8-23/h11-12H,2-10H2,1H3,(H,22,24). The van der Waals surface area contributed by atoms with Crippen LogP contribution in [-0.2, 0) is 24.3 Å². The van der Waals surface area contributed by atoms with Crippen molar-refractivity contribution in [1.82, 2.24) is 9.62 Å². The lowest BCUT2D eigenvalue weighted by Gasteiger charge is -2.35. The summed E-state index contributed by atoms with van der Waals surface area (Å²) in [5, 5.41) is 2.66. The Hall–Kier alpha value is -1.39. The number of halogens is 2. The second-order valence-electron chi connectivity index (χ2n) is 7.37. The molecular formula is C19H24Cl2N2O6S. The lowest BCUT2D eigenvalue weighted by Crippen LogP contribution is -2.56. The molecule has 0 radical (unpaired) electrons. The van der Waals surface area contributed by atoms with Crippen molar-refractivity contribution in [3.05, 3.63) is 27.7 Å². The number of ether oxygens (including phenoxy) is 2. The van der Waals surface area contributed by atoms with Crippen LogP contribution in [0.25, 0.3) is 0 Å². The number of esters is 1. The van der Waals surface area contributed by atoms with Crippen LogP contribution in [0.5, 0.6) is 0 Å². The summed E-state index contributed by atoms with van der Waals surface area (Å²) >= 11 is 12.4. The van der Waals surface area contributed by atoms with E-state index in [9.17, 15) is 18.0 Å². The van der Waals surface area contributed by atoms with Gasteiger partial charge in [-0.05, 0) is 25.0 Å². The van der Waals surface area contributed by atoms with Crippen molar-refractivity contribution in [3.63, 3.8) is 0 Å². The highest BCUT2D eigenvalue weighted by Gasteiger charge is 2.42. The lowest BCUT2D eigenvalue weighted by molar-refractivity contribution is -0.149. The summed E-state index contributed by atoms with van der Waals surface area (Å²) in [6, 6.07) is 2.40. The number of sulfonamides is 1. The van der Waals surface area contributed by atoms with Gasteiger partial charge in [0.15, 0.2) is 0 Å². The molecule has 166 valence electrons. The summed E-state index contributed by atoms with van der Waals surface area (Å²) in [6.07, 6.45) is 3.37. The third-order valence-corrected chi connectivity index (χ3v) is 8.17. The number of methoxy groups -OCH3 is 1. The van der Waals surface area contributed by atoms with E-state index in [1.165, 1.54) is 23.5 Å². The van der Waals surface area contributed by atoms with E-state index in [1.54, 1.807) is 0 Å². The number of carbonyl (C=O) groups excluding carboxylic acids is 2. The van der Waals surface area contributed by atoms with Gasteiger partial charge in [0.25, 0.3) is 5.91 Å². The number of benzene rings is 1. The zero-order valence-corrected chi connectivity index (χ0v) is 18.9. The first-order valence-electron chi connectivity index (χ1n) is 9.69. The van der Waals surface area contributed by atoms with E-state index >= 15 is 0 Å². The molecule has 1 aromatic rings. The Bertz CT molecular complexity index is 925. The van der Waals surface area contributed by atoms with Crippen LogP contribution in [0, 0.1) is 0 Å². The quantitative estimate of drug-likeness (QED) is 0.652. The van der Waals surface area contributed by atoms with Crippen LogP contribution in [0.15, 0.2) is 17.0 Å². The van der Waals surface area contributed by atoms with Crippen molar-refractivity contribution in [2.45, 2.75) is 42.5 Å². The number of nitrogens with zero attached hydrogens (tertiary/aromatic N) is 1. The molecule has 1 saturated heterocycles. The molecule has 0 atom stereocenters. The first-order valence-corrected chi connectivity index (χ1v) is 11.9. The number of amides is 1. The summed E-state index contributed by atoms with van der Waals surface area (Å²) in [4.78, 5) is 25.3. The molecule has 3 rings (SSSR count). The predicted octanol–water partition coefficient (Wildman–Crippen LogP) is 2.62. The van der Waals surface area contributed by atoms with Crippen molar-refractivity contribution in [2.24, 2.45) is 0 Å². The molecule has 30 heavy (non-hydrogen) atoms. The van der Waals surface area contributed by atoms with E-state index in [4.69, 9.17) is 32.7 Å². The molecule has 1 saturated carbocycles. The molecule has 1 heterocycles. The predicted molar refractivity (Wildman–Crippen MR) is 111 cm³/mol. The molecule has 8 nitrogen and oxygen atoms in total. The summed E-state index contributed by atoms with van der Waals surface area (Å²) in [6.45, 7) is 0.932. The minimum Gasteiger partial charge on any atom is -0.467 e. The Morgan fingerprint density at radius 2 is 1.73 bits per heavy atom. The number of nitrogens with one attached hydrogen (secondary N) is 1. The van der Waals surface area contributed by atoms with Gasteiger partial charge in [0.2, 0.25) is 10.0 Å². The highest BCUT2D eigenvalue weighted by molar-refractivity contribution is 7.89. The van der Waals surface area contributed by atoms with E-state index in [-0.39, 0.29) is 46.8 Å². The third-order valence-electron chi connectivity index (χ3n) is 5.49. The number of carbonyl (C=O) groups is 2. The molecule has 2 aliphatic rings. The minimum absolute atomic E-state index is 0.00532. The molecule has 2 fully saturated rings. The van der Waals surface area contributed by atoms with Crippen molar-refractivity contribution < 1.29 is 27.5 Å². The van der Waals surface area contributed by atoms with E-state index in [2.05, 4.69) is 5.32 Å². The number of hydrogen-bond acceptors (Lipinski definition) is 6. The van der Waals surface area contributed by atoms with Gasteiger partial charge < -0.3 is 14.8 Å². The van der Waals surface area contributed by atoms with Gasteiger partial charge >= 0.3 is 5.97 Å². The smallest absolute Gasteiger partial charge is 0.331 e. The summed E-state index contributed by atoms with van der Waals surface area (Å²) in [7, 11) is -2.67. The number of hydrogen-bond donors (Lipinski definition) is 1. The Labute approximate surface area is 185 Å². The van der Waals surface area contributed by atoms with Gasteiger partial charge in [-0.3, -0.25) is 4.79 Å². The minimum atomic E-state index is -3.94. The monoisotopic (exact) mass is 478 g/mol. The van der Waals surface area contributed by atoms with Crippen LogP contribution in [0.2, 0.25) is 10.0 Å². The molecule has 11 heteroatoms. The summed E-state index contributed by atoms with van der Waals surface area (Å²) < 4.78 is 37.4. The van der Waals surface area contributed by atoms with E-state index in [1.807, 2.05) is 0 Å². The maximum atomic E-state index is 13.1. The first-order chi connectivity index (χ1) is 14.2. The Morgan fingerprint density at radius 3 is 2.33 bits per heavy atom. The molecule has 1 aromatic carbocycles. The van der Waals surface area contributed by atoms with Gasteiger partial charge in [0, 0.05) is 13.1 Å².